The van der Waals surface area contributed by atoms with Crippen molar-refractivity contribution in [2.24, 2.45) is 0 Å². The summed E-state index contributed by atoms with van der Waals surface area (Å²) in [4.78, 5) is 22.6. The number of carbonyl (C=O) groups is 1. The Labute approximate surface area is 174 Å². The summed E-state index contributed by atoms with van der Waals surface area (Å²) in [6.07, 6.45) is 1.41. The van der Waals surface area contributed by atoms with Crippen molar-refractivity contribution in [3.05, 3.63) is 62.7 Å². The highest BCUT2D eigenvalue weighted by Crippen LogP contribution is 2.28. The van der Waals surface area contributed by atoms with Gasteiger partial charge in [-0.15, -0.1) is 0 Å². The Bertz CT molecular complexity index is 1040. The van der Waals surface area contributed by atoms with Gasteiger partial charge >= 0.3 is 0 Å². The number of amides is 1. The molecule has 2 aromatic rings. The highest BCUT2D eigenvalue weighted by Gasteiger charge is 2.20. The molecule has 1 amide bonds. The maximum Gasteiger partial charge on any atom is 0.271 e. The van der Waals surface area contributed by atoms with Crippen LogP contribution in [0.2, 0.25) is 5.02 Å². The fraction of sp³-hybridized carbons (Fsp3) is 0.316. The number of nitrogens with zero attached hydrogens (tertiary/aromatic N) is 2. The van der Waals surface area contributed by atoms with Crippen molar-refractivity contribution >= 4 is 44.6 Å². The van der Waals surface area contributed by atoms with Crippen LogP contribution in [-0.2, 0) is 14.8 Å². The zero-order valence-corrected chi connectivity index (χ0v) is 17.9. The molecule has 1 N–H and O–H groups in total. The molecule has 2 aromatic carbocycles. The number of benzene rings is 2. The van der Waals surface area contributed by atoms with Crippen molar-refractivity contribution in [3.63, 3.8) is 0 Å². The second-order valence-electron chi connectivity index (χ2n) is 6.63. The second-order valence-corrected chi connectivity index (χ2v) is 8.94. The van der Waals surface area contributed by atoms with Gasteiger partial charge in [0.15, 0.2) is 0 Å². The molecule has 0 radical (unpaired) electrons. The number of halogens is 1. The lowest BCUT2D eigenvalue weighted by Gasteiger charge is -2.24. The van der Waals surface area contributed by atoms with E-state index in [0.717, 1.165) is 6.26 Å². The Morgan fingerprint density at radius 1 is 1.24 bits per heavy atom. The Morgan fingerprint density at radius 2 is 1.93 bits per heavy atom. The first-order valence-corrected chi connectivity index (χ1v) is 11.0. The molecule has 0 atom stereocenters. The van der Waals surface area contributed by atoms with Crippen LogP contribution in [0.25, 0.3) is 0 Å². The number of sulfonamides is 1. The average molecular weight is 440 g/mol. The third-order valence-corrected chi connectivity index (χ3v) is 5.97. The zero-order chi connectivity index (χ0) is 21.8. The van der Waals surface area contributed by atoms with Gasteiger partial charge in [-0.3, -0.25) is 19.2 Å². The summed E-state index contributed by atoms with van der Waals surface area (Å²) in [6.45, 7) is 3.56. The van der Waals surface area contributed by atoms with E-state index in [1.54, 1.807) is 38.1 Å². The van der Waals surface area contributed by atoms with Gasteiger partial charge in [-0.2, -0.15) is 0 Å². The van der Waals surface area contributed by atoms with Gasteiger partial charge in [0.05, 0.1) is 22.6 Å². The predicted octanol–water partition coefficient (Wildman–Crippen LogP) is 4.05. The minimum Gasteiger partial charge on any atom is -0.326 e. The topological polar surface area (TPSA) is 110 Å². The van der Waals surface area contributed by atoms with Crippen LogP contribution in [0, 0.1) is 24.0 Å². The van der Waals surface area contributed by atoms with Gasteiger partial charge in [-0.25, -0.2) is 8.42 Å². The first kappa shape index (κ1) is 22.6. The Kier molecular flexibility index (Phi) is 7.21. The Balaban J connectivity index is 2.07. The number of aryl methyl sites for hydroxylation is 1. The van der Waals surface area contributed by atoms with Crippen molar-refractivity contribution < 1.29 is 18.1 Å². The van der Waals surface area contributed by atoms with Crippen LogP contribution in [0.5, 0.6) is 0 Å². The van der Waals surface area contributed by atoms with Crippen LogP contribution in [0.15, 0.2) is 36.4 Å². The summed E-state index contributed by atoms with van der Waals surface area (Å²) >= 11 is 6.10. The van der Waals surface area contributed by atoms with E-state index in [2.05, 4.69) is 5.32 Å². The molecule has 0 aromatic heterocycles. The molecule has 0 heterocycles. The number of non-ortho nitro benzene ring substituents is 1. The smallest absolute Gasteiger partial charge is 0.271 e. The Hall–Kier alpha value is -2.65. The predicted molar refractivity (Wildman–Crippen MR) is 114 cm³/mol. The normalized spacial score (nSPS) is 11.2. The fourth-order valence-electron chi connectivity index (χ4n) is 2.79. The largest absolute Gasteiger partial charge is 0.326 e. The molecule has 0 spiro atoms. The van der Waals surface area contributed by atoms with Crippen LogP contribution in [-0.4, -0.2) is 32.0 Å². The summed E-state index contributed by atoms with van der Waals surface area (Å²) in [6, 6.07) is 9.22. The molecule has 10 heteroatoms. The molecule has 2 rings (SSSR count). The summed E-state index contributed by atoms with van der Waals surface area (Å²) in [5.74, 6) is -0.357. The van der Waals surface area contributed by atoms with Crippen molar-refractivity contribution in [1.29, 1.82) is 0 Å². The van der Waals surface area contributed by atoms with Crippen LogP contribution in [0.1, 0.15) is 24.0 Å². The first-order valence-electron chi connectivity index (χ1n) is 8.78. The van der Waals surface area contributed by atoms with E-state index in [0.29, 0.717) is 27.5 Å². The monoisotopic (exact) mass is 439 g/mol. The third kappa shape index (κ3) is 5.91. The van der Waals surface area contributed by atoms with Gasteiger partial charge in [0.25, 0.3) is 5.69 Å². The lowest BCUT2D eigenvalue weighted by Crippen LogP contribution is -2.32. The molecule has 0 saturated heterocycles. The number of hydrogen-bond donors (Lipinski definition) is 1. The minimum atomic E-state index is -3.57. The number of anilines is 2. The number of nitrogens with one attached hydrogen (secondary N) is 1. The number of rotatable bonds is 8. The average Bonchev–Trinajstić information content (AvgIpc) is 2.62. The summed E-state index contributed by atoms with van der Waals surface area (Å²) in [5.41, 5.74) is 2.03. The van der Waals surface area contributed by atoms with E-state index in [4.69, 9.17) is 11.6 Å². The van der Waals surface area contributed by atoms with Crippen LogP contribution in [0.3, 0.4) is 0 Å². The molecule has 0 unspecified atom stereocenters. The lowest BCUT2D eigenvalue weighted by atomic mass is 10.1. The molecule has 0 bridgehead atoms. The van der Waals surface area contributed by atoms with Gasteiger partial charge < -0.3 is 5.32 Å². The molecule has 0 aliphatic carbocycles. The number of nitro groups is 1. The summed E-state index contributed by atoms with van der Waals surface area (Å²) < 4.78 is 25.7. The van der Waals surface area contributed by atoms with Gasteiger partial charge in [0.2, 0.25) is 15.9 Å². The van der Waals surface area contributed by atoms with E-state index >= 15 is 0 Å². The van der Waals surface area contributed by atoms with Crippen molar-refractivity contribution in [3.8, 4) is 0 Å². The first-order chi connectivity index (χ1) is 13.5. The molecule has 0 fully saturated rings. The van der Waals surface area contributed by atoms with E-state index in [-0.39, 0.29) is 31.0 Å². The maximum atomic E-state index is 12.3. The number of carbonyl (C=O) groups excluding carboxylic acids is 1. The standard InChI is InChI=1S/C19H22ClN3O5S/c1-13-9-10-15(23(25)26)12-17(13)21-19(24)8-5-11-22(29(3,27)28)18-7-4-6-16(20)14(18)2/h4,6-7,9-10,12H,5,8,11H2,1-3H3,(H,21,24). The van der Waals surface area contributed by atoms with Crippen molar-refractivity contribution in [2.45, 2.75) is 26.7 Å². The molecule has 8 nitrogen and oxygen atoms in total. The molecule has 0 saturated carbocycles. The molecular weight excluding hydrogens is 418 g/mol. The summed E-state index contributed by atoms with van der Waals surface area (Å²) in [7, 11) is -3.57. The fourth-order valence-corrected chi connectivity index (χ4v) is 3.97. The molecule has 0 aliphatic rings. The lowest BCUT2D eigenvalue weighted by molar-refractivity contribution is -0.384. The molecular formula is C19H22ClN3O5S. The van der Waals surface area contributed by atoms with Crippen molar-refractivity contribution in [2.75, 3.05) is 22.4 Å². The summed E-state index contributed by atoms with van der Waals surface area (Å²) in [5, 5.41) is 14.0. The van der Waals surface area contributed by atoms with Crippen LogP contribution in [0.4, 0.5) is 17.1 Å². The molecule has 0 aliphatic heterocycles. The van der Waals surface area contributed by atoms with E-state index < -0.39 is 14.9 Å². The second kappa shape index (κ2) is 9.23. The van der Waals surface area contributed by atoms with Crippen LogP contribution < -0.4 is 9.62 Å². The van der Waals surface area contributed by atoms with Gasteiger partial charge in [-0.05, 0) is 43.5 Å². The zero-order valence-electron chi connectivity index (χ0n) is 16.3. The molecule has 29 heavy (non-hydrogen) atoms. The van der Waals surface area contributed by atoms with Gasteiger partial charge in [-0.1, -0.05) is 23.7 Å². The van der Waals surface area contributed by atoms with Crippen molar-refractivity contribution in [1.82, 2.24) is 0 Å². The maximum absolute atomic E-state index is 12.3. The number of nitro benzene ring substituents is 1. The molecule has 156 valence electrons. The van der Waals surface area contributed by atoms with E-state index in [1.807, 2.05) is 0 Å². The van der Waals surface area contributed by atoms with E-state index in [9.17, 15) is 23.3 Å². The number of hydrogen-bond acceptors (Lipinski definition) is 5. The van der Waals surface area contributed by atoms with Crippen LogP contribution >= 0.6 is 11.6 Å². The highest BCUT2D eigenvalue weighted by atomic mass is 35.5. The van der Waals surface area contributed by atoms with Gasteiger partial charge in [0.1, 0.15) is 0 Å². The minimum absolute atomic E-state index is 0.0494. The van der Waals surface area contributed by atoms with Gasteiger partial charge in [0, 0.05) is 30.1 Å². The van der Waals surface area contributed by atoms with E-state index in [1.165, 1.54) is 16.4 Å². The SMILES string of the molecule is Cc1ccc([N+](=O)[O-])cc1NC(=O)CCCN(c1cccc(Cl)c1C)S(C)(=O)=O. The third-order valence-electron chi connectivity index (χ3n) is 4.38. The highest BCUT2D eigenvalue weighted by molar-refractivity contribution is 7.92. The Morgan fingerprint density at radius 3 is 2.55 bits per heavy atom. The quantitative estimate of drug-likeness (QED) is 0.492.